The maximum Gasteiger partial charge on any atom is 0.257 e. The van der Waals surface area contributed by atoms with Gasteiger partial charge in [-0.1, -0.05) is 18.2 Å². The summed E-state index contributed by atoms with van der Waals surface area (Å²) in [5, 5.41) is 1.67. The summed E-state index contributed by atoms with van der Waals surface area (Å²) in [4.78, 5) is 27.9. The van der Waals surface area contributed by atoms with Crippen molar-refractivity contribution in [3.63, 3.8) is 0 Å². The third kappa shape index (κ3) is 2.26. The number of nitrogens with zero attached hydrogens (tertiary/aromatic N) is 1. The summed E-state index contributed by atoms with van der Waals surface area (Å²) in [5.41, 5.74) is -0.0504. The van der Waals surface area contributed by atoms with Gasteiger partial charge >= 0.3 is 0 Å². The van der Waals surface area contributed by atoms with Crippen LogP contribution in [0.2, 0.25) is 0 Å². The number of nitrogens with one attached hydrogen (secondary N) is 1. The van der Waals surface area contributed by atoms with Gasteiger partial charge in [0, 0.05) is 24.4 Å². The molecule has 0 aliphatic carbocycles. The van der Waals surface area contributed by atoms with E-state index in [2.05, 4.69) is 9.88 Å². The van der Waals surface area contributed by atoms with E-state index in [0.29, 0.717) is 5.39 Å². The molecule has 1 aliphatic rings. The molecule has 0 radical (unpaired) electrons. The van der Waals surface area contributed by atoms with Crippen LogP contribution in [0.4, 0.5) is 5.82 Å². The standard InChI is InChI=1S/C15H16N2O2/c18-10-11-5-7-17(8-6-11)14-9-12-3-1-2-4-13(12)15(19)16-14/h1-4,9-11H,5-8H2,(H,16,19). The van der Waals surface area contributed by atoms with Crippen molar-refractivity contribution >= 4 is 22.9 Å². The average Bonchev–Trinajstić information content (AvgIpc) is 2.47. The van der Waals surface area contributed by atoms with Gasteiger partial charge in [-0.15, -0.1) is 0 Å². The lowest BCUT2D eigenvalue weighted by Crippen LogP contribution is -2.35. The zero-order chi connectivity index (χ0) is 13.2. The fourth-order valence-electron chi connectivity index (χ4n) is 2.64. The highest BCUT2D eigenvalue weighted by Gasteiger charge is 2.19. The second-order valence-corrected chi connectivity index (χ2v) is 5.03. The van der Waals surface area contributed by atoms with Crippen molar-refractivity contribution in [2.75, 3.05) is 18.0 Å². The van der Waals surface area contributed by atoms with E-state index in [0.717, 1.165) is 43.4 Å². The number of fused-ring (bicyclic) bond motifs is 1. The van der Waals surface area contributed by atoms with Crippen molar-refractivity contribution in [1.82, 2.24) is 4.98 Å². The first kappa shape index (κ1) is 12.0. The molecule has 4 nitrogen and oxygen atoms in total. The van der Waals surface area contributed by atoms with Crippen molar-refractivity contribution in [3.05, 3.63) is 40.7 Å². The molecular formula is C15H16N2O2. The van der Waals surface area contributed by atoms with Crippen LogP contribution in [0.25, 0.3) is 10.8 Å². The highest BCUT2D eigenvalue weighted by molar-refractivity contribution is 5.83. The van der Waals surface area contributed by atoms with Crippen molar-refractivity contribution in [1.29, 1.82) is 0 Å². The molecule has 0 unspecified atom stereocenters. The number of H-pyrrole nitrogens is 1. The number of pyridine rings is 1. The van der Waals surface area contributed by atoms with E-state index in [1.165, 1.54) is 0 Å². The van der Waals surface area contributed by atoms with Gasteiger partial charge in [-0.2, -0.15) is 0 Å². The Kier molecular flexibility index (Phi) is 3.07. The van der Waals surface area contributed by atoms with E-state index >= 15 is 0 Å². The molecular weight excluding hydrogens is 240 g/mol. The Morgan fingerprint density at radius 3 is 2.68 bits per heavy atom. The molecule has 98 valence electrons. The normalized spacial score (nSPS) is 16.7. The third-order valence-corrected chi connectivity index (χ3v) is 3.81. The Labute approximate surface area is 111 Å². The van der Waals surface area contributed by atoms with Crippen LogP contribution in [0.5, 0.6) is 0 Å². The van der Waals surface area contributed by atoms with Gasteiger partial charge in [-0.3, -0.25) is 4.79 Å². The van der Waals surface area contributed by atoms with E-state index < -0.39 is 0 Å². The lowest BCUT2D eigenvalue weighted by Gasteiger charge is -2.31. The average molecular weight is 256 g/mol. The van der Waals surface area contributed by atoms with Crippen LogP contribution >= 0.6 is 0 Å². The summed E-state index contributed by atoms with van der Waals surface area (Å²) < 4.78 is 0. The van der Waals surface area contributed by atoms with Crippen molar-refractivity contribution in [3.8, 4) is 0 Å². The zero-order valence-electron chi connectivity index (χ0n) is 10.6. The van der Waals surface area contributed by atoms with E-state index in [4.69, 9.17) is 0 Å². The Balaban J connectivity index is 1.93. The number of hydrogen-bond donors (Lipinski definition) is 1. The largest absolute Gasteiger partial charge is 0.358 e. The van der Waals surface area contributed by atoms with Gasteiger partial charge in [0.1, 0.15) is 12.1 Å². The molecule has 1 aromatic heterocycles. The topological polar surface area (TPSA) is 53.2 Å². The molecule has 0 saturated carbocycles. The summed E-state index contributed by atoms with van der Waals surface area (Å²) in [5.74, 6) is 1.02. The molecule has 0 amide bonds. The molecule has 19 heavy (non-hydrogen) atoms. The van der Waals surface area contributed by atoms with Crippen LogP contribution in [0.3, 0.4) is 0 Å². The van der Waals surface area contributed by atoms with Gasteiger partial charge in [0.25, 0.3) is 5.56 Å². The van der Waals surface area contributed by atoms with Crippen LogP contribution < -0.4 is 10.5 Å². The van der Waals surface area contributed by atoms with Gasteiger partial charge in [0.2, 0.25) is 0 Å². The summed E-state index contributed by atoms with van der Waals surface area (Å²) >= 11 is 0. The number of aromatic nitrogens is 1. The lowest BCUT2D eigenvalue weighted by molar-refractivity contribution is -0.111. The Morgan fingerprint density at radius 2 is 1.95 bits per heavy atom. The van der Waals surface area contributed by atoms with Gasteiger partial charge in [0.15, 0.2) is 0 Å². The molecule has 2 heterocycles. The molecule has 4 heteroatoms. The third-order valence-electron chi connectivity index (χ3n) is 3.81. The highest BCUT2D eigenvalue weighted by atomic mass is 16.1. The number of piperidine rings is 1. The molecule has 1 aliphatic heterocycles. The molecule has 1 saturated heterocycles. The van der Waals surface area contributed by atoms with Crippen LogP contribution in [0.15, 0.2) is 35.1 Å². The summed E-state index contributed by atoms with van der Waals surface area (Å²) in [6.07, 6.45) is 2.76. The maximum absolute atomic E-state index is 12.0. The molecule has 1 fully saturated rings. The minimum absolute atomic E-state index is 0.0504. The minimum Gasteiger partial charge on any atom is -0.358 e. The summed E-state index contributed by atoms with van der Waals surface area (Å²) in [7, 11) is 0. The smallest absolute Gasteiger partial charge is 0.257 e. The van der Waals surface area contributed by atoms with Gasteiger partial charge in [-0.05, 0) is 30.4 Å². The maximum atomic E-state index is 12.0. The number of carbonyl (C=O) groups excluding carboxylic acids is 1. The van der Waals surface area contributed by atoms with Crippen LogP contribution in [0, 0.1) is 5.92 Å². The number of anilines is 1. The Hall–Kier alpha value is -2.10. The summed E-state index contributed by atoms with van der Waals surface area (Å²) in [6, 6.07) is 9.60. The predicted molar refractivity (Wildman–Crippen MR) is 75.6 cm³/mol. The first-order valence-electron chi connectivity index (χ1n) is 6.60. The van der Waals surface area contributed by atoms with E-state index in [1.807, 2.05) is 30.3 Å². The molecule has 1 aromatic carbocycles. The van der Waals surface area contributed by atoms with Gasteiger partial charge < -0.3 is 14.7 Å². The minimum atomic E-state index is -0.0504. The molecule has 3 rings (SSSR count). The second-order valence-electron chi connectivity index (χ2n) is 5.03. The first-order chi connectivity index (χ1) is 9.28. The molecule has 0 bridgehead atoms. The van der Waals surface area contributed by atoms with Crippen molar-refractivity contribution in [2.24, 2.45) is 5.92 Å². The zero-order valence-corrected chi connectivity index (χ0v) is 10.6. The number of rotatable bonds is 2. The number of benzene rings is 1. The fraction of sp³-hybridized carbons (Fsp3) is 0.333. The van der Waals surface area contributed by atoms with E-state index in [9.17, 15) is 9.59 Å². The van der Waals surface area contributed by atoms with Crippen molar-refractivity contribution in [2.45, 2.75) is 12.8 Å². The number of hydrogen-bond acceptors (Lipinski definition) is 3. The monoisotopic (exact) mass is 256 g/mol. The molecule has 0 atom stereocenters. The Bertz CT molecular complexity index is 654. The molecule has 1 N–H and O–H groups in total. The van der Waals surface area contributed by atoms with Crippen LogP contribution in [0.1, 0.15) is 12.8 Å². The quantitative estimate of drug-likeness (QED) is 0.835. The Morgan fingerprint density at radius 1 is 1.21 bits per heavy atom. The molecule has 0 spiro atoms. The summed E-state index contributed by atoms with van der Waals surface area (Å²) in [6.45, 7) is 1.63. The lowest BCUT2D eigenvalue weighted by atomic mass is 9.98. The van der Waals surface area contributed by atoms with Crippen LogP contribution in [-0.2, 0) is 4.79 Å². The fourth-order valence-corrected chi connectivity index (χ4v) is 2.64. The molecule has 2 aromatic rings. The SMILES string of the molecule is O=CC1CCN(c2cc3ccccc3c(=O)[nH]2)CC1. The first-order valence-corrected chi connectivity index (χ1v) is 6.60. The van der Waals surface area contributed by atoms with Crippen molar-refractivity contribution < 1.29 is 4.79 Å². The number of aldehydes is 1. The van der Waals surface area contributed by atoms with E-state index in [-0.39, 0.29) is 11.5 Å². The van der Waals surface area contributed by atoms with Gasteiger partial charge in [-0.25, -0.2) is 0 Å². The second kappa shape index (κ2) is 4.88. The number of aromatic amines is 1. The predicted octanol–water partition coefficient (Wildman–Crippen LogP) is 1.94. The highest BCUT2D eigenvalue weighted by Crippen LogP contribution is 2.22. The van der Waals surface area contributed by atoms with Gasteiger partial charge in [0.05, 0.1) is 0 Å². The van der Waals surface area contributed by atoms with Crippen LogP contribution in [-0.4, -0.2) is 24.4 Å². The van der Waals surface area contributed by atoms with E-state index in [1.54, 1.807) is 0 Å². The number of carbonyl (C=O) groups is 1.